The summed E-state index contributed by atoms with van der Waals surface area (Å²) < 4.78 is 23.0. The zero-order valence-corrected chi connectivity index (χ0v) is 15.8. The summed E-state index contributed by atoms with van der Waals surface area (Å²) in [5, 5.41) is 4.15. The maximum atomic E-state index is 6.18. The van der Waals surface area contributed by atoms with E-state index >= 15 is 0 Å². The van der Waals surface area contributed by atoms with Crippen molar-refractivity contribution in [1.29, 1.82) is 0 Å². The highest BCUT2D eigenvalue weighted by Gasteiger charge is 2.17. The van der Waals surface area contributed by atoms with E-state index in [0.717, 1.165) is 33.0 Å². The van der Waals surface area contributed by atoms with Gasteiger partial charge in [-0.05, 0) is 13.8 Å². The van der Waals surface area contributed by atoms with Crippen LogP contribution >= 0.6 is 0 Å². The smallest absolute Gasteiger partial charge is 0.135 e. The molecule has 138 valence electrons. The quantitative estimate of drug-likeness (QED) is 0.544. The highest BCUT2D eigenvalue weighted by atomic mass is 16.5. The molecular weight excluding hydrogens is 328 g/mol. The van der Waals surface area contributed by atoms with Gasteiger partial charge in [-0.15, -0.1) is 0 Å². The lowest BCUT2D eigenvalue weighted by atomic mass is 10.0. The molecule has 0 aliphatic carbocycles. The minimum Gasteiger partial charge on any atom is -0.490 e. The van der Waals surface area contributed by atoms with Crippen molar-refractivity contribution in [3.05, 3.63) is 48.5 Å². The topological polar surface area (TPSA) is 36.9 Å². The van der Waals surface area contributed by atoms with E-state index in [9.17, 15) is 0 Å². The van der Waals surface area contributed by atoms with Crippen molar-refractivity contribution >= 4 is 21.5 Å². The Hall–Kier alpha value is -2.30. The summed E-state index contributed by atoms with van der Waals surface area (Å²) in [5.41, 5.74) is 0. The molecule has 3 aromatic carbocycles. The molecular formula is C22H26O4. The van der Waals surface area contributed by atoms with Crippen molar-refractivity contribution in [2.45, 2.75) is 26.1 Å². The molecule has 0 fully saturated rings. The molecule has 26 heavy (non-hydrogen) atoms. The van der Waals surface area contributed by atoms with Crippen molar-refractivity contribution in [3.8, 4) is 11.5 Å². The second kappa shape index (κ2) is 8.39. The second-order valence-corrected chi connectivity index (χ2v) is 6.46. The predicted molar refractivity (Wildman–Crippen MR) is 105 cm³/mol. The Morgan fingerprint density at radius 2 is 0.923 bits per heavy atom. The minimum absolute atomic E-state index is 0.0194. The number of hydrogen-bond acceptors (Lipinski definition) is 4. The van der Waals surface area contributed by atoms with Gasteiger partial charge in [-0.25, -0.2) is 0 Å². The Bertz CT molecular complexity index is 746. The monoisotopic (exact) mass is 354 g/mol. The highest BCUT2D eigenvalue weighted by Crippen LogP contribution is 2.42. The summed E-state index contributed by atoms with van der Waals surface area (Å²) >= 11 is 0. The fourth-order valence-corrected chi connectivity index (χ4v) is 2.90. The average molecular weight is 354 g/mol. The van der Waals surface area contributed by atoms with Gasteiger partial charge in [-0.3, -0.25) is 0 Å². The highest BCUT2D eigenvalue weighted by molar-refractivity contribution is 6.11. The van der Waals surface area contributed by atoms with Crippen molar-refractivity contribution in [3.63, 3.8) is 0 Å². The molecule has 0 aliphatic heterocycles. The number of hydrogen-bond donors (Lipinski definition) is 0. The third-order valence-corrected chi connectivity index (χ3v) is 4.56. The Balaban J connectivity index is 2.15. The molecule has 4 nitrogen and oxygen atoms in total. The number of rotatable bonds is 8. The van der Waals surface area contributed by atoms with Crippen LogP contribution in [0.4, 0.5) is 0 Å². The van der Waals surface area contributed by atoms with E-state index < -0.39 is 0 Å². The molecule has 2 unspecified atom stereocenters. The molecule has 0 aliphatic rings. The minimum atomic E-state index is 0.0194. The molecule has 0 N–H and O–H groups in total. The summed E-state index contributed by atoms with van der Waals surface area (Å²) in [7, 11) is 3.39. The molecule has 0 radical (unpaired) electrons. The van der Waals surface area contributed by atoms with E-state index in [4.69, 9.17) is 18.9 Å². The first-order valence-corrected chi connectivity index (χ1v) is 8.90. The molecule has 0 amide bonds. The zero-order valence-electron chi connectivity index (χ0n) is 15.8. The second-order valence-electron chi connectivity index (χ2n) is 6.46. The maximum Gasteiger partial charge on any atom is 0.135 e. The summed E-state index contributed by atoms with van der Waals surface area (Å²) in [6, 6.07) is 16.4. The largest absolute Gasteiger partial charge is 0.490 e. The lowest BCUT2D eigenvalue weighted by Gasteiger charge is -2.20. The predicted octanol–water partition coefficient (Wildman–Crippen LogP) is 4.82. The van der Waals surface area contributed by atoms with Crippen LogP contribution in [0, 0.1) is 0 Å². The standard InChI is InChI=1S/C22H26O4/c1-15(23-3)13-25-21-17-9-5-7-11-19(17)22(26-14-16(2)24-4)20-12-8-6-10-18(20)21/h5-12,15-16H,13-14H2,1-4H3. The summed E-state index contributed by atoms with van der Waals surface area (Å²) in [6.07, 6.45) is 0.0389. The van der Waals surface area contributed by atoms with Crippen LogP contribution in [0.2, 0.25) is 0 Å². The van der Waals surface area contributed by atoms with Crippen molar-refractivity contribution in [1.82, 2.24) is 0 Å². The van der Waals surface area contributed by atoms with E-state index in [-0.39, 0.29) is 12.2 Å². The van der Waals surface area contributed by atoms with Gasteiger partial charge in [0, 0.05) is 35.8 Å². The van der Waals surface area contributed by atoms with Crippen molar-refractivity contribution in [2.75, 3.05) is 27.4 Å². The Kier molecular flexibility index (Phi) is 5.96. The lowest BCUT2D eigenvalue weighted by Crippen LogP contribution is -2.17. The van der Waals surface area contributed by atoms with Crippen LogP contribution in [-0.4, -0.2) is 39.6 Å². The normalized spacial score (nSPS) is 13.7. The Morgan fingerprint density at radius 1 is 0.615 bits per heavy atom. The van der Waals surface area contributed by atoms with Gasteiger partial charge < -0.3 is 18.9 Å². The molecule has 3 aromatic rings. The van der Waals surface area contributed by atoms with E-state index in [1.165, 1.54) is 0 Å². The number of ether oxygens (including phenoxy) is 4. The first-order chi connectivity index (χ1) is 12.7. The van der Waals surface area contributed by atoms with Crippen LogP contribution in [0.1, 0.15) is 13.8 Å². The first kappa shape index (κ1) is 18.5. The van der Waals surface area contributed by atoms with Crippen molar-refractivity contribution in [2.24, 2.45) is 0 Å². The van der Waals surface area contributed by atoms with E-state index in [1.54, 1.807) is 14.2 Å². The van der Waals surface area contributed by atoms with E-state index in [2.05, 4.69) is 24.3 Å². The SMILES string of the molecule is COC(C)COc1c2ccccc2c(OCC(C)OC)c2ccccc12. The van der Waals surface area contributed by atoms with Crippen LogP contribution in [0.3, 0.4) is 0 Å². The van der Waals surface area contributed by atoms with Crippen LogP contribution in [0.25, 0.3) is 21.5 Å². The molecule has 0 bridgehead atoms. The van der Waals surface area contributed by atoms with Gasteiger partial charge in [-0.2, -0.15) is 0 Å². The number of fused-ring (bicyclic) bond motifs is 2. The summed E-state index contributed by atoms with van der Waals surface area (Å²) in [5.74, 6) is 1.74. The fraction of sp³-hybridized carbons (Fsp3) is 0.364. The van der Waals surface area contributed by atoms with Gasteiger partial charge in [0.2, 0.25) is 0 Å². The van der Waals surface area contributed by atoms with E-state index in [1.807, 2.05) is 38.1 Å². The molecule has 2 atom stereocenters. The maximum absolute atomic E-state index is 6.18. The average Bonchev–Trinajstić information content (AvgIpc) is 2.69. The van der Waals surface area contributed by atoms with Crippen LogP contribution < -0.4 is 9.47 Å². The number of benzene rings is 3. The molecule has 0 heterocycles. The molecule has 0 spiro atoms. The zero-order chi connectivity index (χ0) is 18.5. The molecule has 0 aromatic heterocycles. The van der Waals surface area contributed by atoms with Gasteiger partial charge in [0.15, 0.2) is 0 Å². The van der Waals surface area contributed by atoms with E-state index in [0.29, 0.717) is 13.2 Å². The Morgan fingerprint density at radius 3 is 1.19 bits per heavy atom. The van der Waals surface area contributed by atoms with Crippen LogP contribution in [0.5, 0.6) is 11.5 Å². The first-order valence-electron chi connectivity index (χ1n) is 8.90. The number of methoxy groups -OCH3 is 2. The fourth-order valence-electron chi connectivity index (χ4n) is 2.90. The summed E-state index contributed by atoms with van der Waals surface area (Å²) in [6.45, 7) is 4.97. The third kappa shape index (κ3) is 3.76. The third-order valence-electron chi connectivity index (χ3n) is 4.56. The van der Waals surface area contributed by atoms with Gasteiger partial charge >= 0.3 is 0 Å². The molecule has 3 rings (SSSR count). The van der Waals surface area contributed by atoms with Gasteiger partial charge in [0.05, 0.1) is 12.2 Å². The van der Waals surface area contributed by atoms with Gasteiger partial charge in [0.1, 0.15) is 24.7 Å². The molecule has 0 saturated carbocycles. The Labute approximate surface area is 154 Å². The van der Waals surface area contributed by atoms with Crippen molar-refractivity contribution < 1.29 is 18.9 Å². The molecule has 4 heteroatoms. The van der Waals surface area contributed by atoms with Gasteiger partial charge in [0.25, 0.3) is 0 Å². The van der Waals surface area contributed by atoms with Crippen LogP contribution in [0.15, 0.2) is 48.5 Å². The van der Waals surface area contributed by atoms with Crippen LogP contribution in [-0.2, 0) is 9.47 Å². The molecule has 0 saturated heterocycles. The lowest BCUT2D eigenvalue weighted by molar-refractivity contribution is 0.0719. The van der Waals surface area contributed by atoms with Gasteiger partial charge in [-0.1, -0.05) is 48.5 Å². The summed E-state index contributed by atoms with van der Waals surface area (Å²) in [4.78, 5) is 0.